The van der Waals surface area contributed by atoms with Gasteiger partial charge in [-0.25, -0.2) is 0 Å². The van der Waals surface area contributed by atoms with E-state index in [1.54, 1.807) is 29.2 Å². The fourth-order valence-electron chi connectivity index (χ4n) is 2.09. The van der Waals surface area contributed by atoms with Gasteiger partial charge in [-0.2, -0.15) is 0 Å². The molecule has 18 heavy (non-hydrogen) atoms. The maximum Gasteiger partial charge on any atom is 0.253 e. The molecule has 4 nitrogen and oxygen atoms in total. The van der Waals surface area contributed by atoms with Crippen molar-refractivity contribution in [2.45, 2.75) is 6.42 Å². The second-order valence-corrected chi connectivity index (χ2v) is 4.24. The zero-order valence-corrected chi connectivity index (χ0v) is 10.1. The van der Waals surface area contributed by atoms with E-state index in [1.165, 1.54) is 6.20 Å². The molecule has 0 bridgehead atoms. The third-order valence-corrected chi connectivity index (χ3v) is 3.04. The van der Waals surface area contributed by atoms with Crippen LogP contribution in [0.4, 0.5) is 0 Å². The van der Waals surface area contributed by atoms with Gasteiger partial charge in [0.25, 0.3) is 5.91 Å². The Morgan fingerprint density at radius 2 is 2.33 bits per heavy atom. The lowest BCUT2D eigenvalue weighted by atomic mass is 10.1. The Balaban J connectivity index is 2.03. The normalized spacial score (nSPS) is 19.2. The molecular weight excluding hydrogens is 228 g/mol. The lowest BCUT2D eigenvalue weighted by Crippen LogP contribution is -2.32. The van der Waals surface area contributed by atoms with Crippen LogP contribution in [0.3, 0.4) is 0 Å². The van der Waals surface area contributed by atoms with Gasteiger partial charge >= 0.3 is 0 Å². The first-order valence-corrected chi connectivity index (χ1v) is 5.89. The van der Waals surface area contributed by atoms with Gasteiger partial charge in [-0.3, -0.25) is 9.59 Å². The molecule has 0 aromatic heterocycles. The predicted octanol–water partition coefficient (Wildman–Crippen LogP) is 1.41. The molecule has 1 atom stereocenters. The Morgan fingerprint density at radius 3 is 3.06 bits per heavy atom. The number of nitrogens with one attached hydrogen (secondary N) is 1. The summed E-state index contributed by atoms with van der Waals surface area (Å²) in [7, 11) is 0. The van der Waals surface area contributed by atoms with Crippen LogP contribution in [0.25, 0.3) is 0 Å². The van der Waals surface area contributed by atoms with Crippen LogP contribution in [0.5, 0.6) is 0 Å². The molecule has 1 fully saturated rings. The van der Waals surface area contributed by atoms with Crippen LogP contribution in [-0.4, -0.2) is 29.8 Å². The van der Waals surface area contributed by atoms with Crippen LogP contribution in [0.2, 0.25) is 0 Å². The maximum absolute atomic E-state index is 12.2. The number of amides is 2. The summed E-state index contributed by atoms with van der Waals surface area (Å²) in [4.78, 5) is 25.5. The summed E-state index contributed by atoms with van der Waals surface area (Å²) >= 11 is 0. The molecule has 2 amide bonds. The average Bonchev–Trinajstić information content (AvgIpc) is 2.88. The molecule has 1 unspecified atom stereocenters. The highest BCUT2D eigenvalue weighted by molar-refractivity contribution is 5.95. The maximum atomic E-state index is 12.2. The van der Waals surface area contributed by atoms with Crippen molar-refractivity contribution in [2.24, 2.45) is 5.92 Å². The number of rotatable bonds is 3. The molecule has 1 aromatic carbocycles. The minimum atomic E-state index is -0.180. The Kier molecular flexibility index (Phi) is 3.36. The molecule has 2 rings (SSSR count). The lowest BCUT2D eigenvalue weighted by Gasteiger charge is -2.16. The van der Waals surface area contributed by atoms with Gasteiger partial charge in [-0.1, -0.05) is 24.8 Å². The highest BCUT2D eigenvalue weighted by Crippen LogP contribution is 2.18. The minimum Gasteiger partial charge on any atom is -0.338 e. The highest BCUT2D eigenvalue weighted by Gasteiger charge is 2.30. The molecule has 0 spiro atoms. The SMILES string of the molecule is [3H]c1cccc(C(=O)N2CCC(C(=O)NC=C)C2)c1. The first-order valence-electron chi connectivity index (χ1n) is 6.39. The van der Waals surface area contributed by atoms with Crippen LogP contribution in [0.15, 0.2) is 43.1 Å². The zero-order chi connectivity index (χ0) is 13.8. The van der Waals surface area contributed by atoms with Crippen molar-refractivity contribution in [2.75, 3.05) is 13.1 Å². The van der Waals surface area contributed by atoms with E-state index >= 15 is 0 Å². The van der Waals surface area contributed by atoms with Crippen molar-refractivity contribution in [3.05, 3.63) is 48.7 Å². The smallest absolute Gasteiger partial charge is 0.253 e. The van der Waals surface area contributed by atoms with E-state index in [1.807, 2.05) is 0 Å². The fourth-order valence-corrected chi connectivity index (χ4v) is 2.09. The molecule has 1 aromatic rings. The molecule has 4 heteroatoms. The molecular formula is C14H16N2O2. The number of hydrogen-bond donors (Lipinski definition) is 1. The van der Waals surface area contributed by atoms with E-state index in [0.29, 0.717) is 31.1 Å². The van der Waals surface area contributed by atoms with Gasteiger partial charge in [0, 0.05) is 18.7 Å². The summed E-state index contributed by atoms with van der Waals surface area (Å²) in [5.41, 5.74) is 0.497. The summed E-state index contributed by atoms with van der Waals surface area (Å²) in [6, 6.07) is 6.86. The van der Waals surface area contributed by atoms with Crippen molar-refractivity contribution < 1.29 is 11.0 Å². The van der Waals surface area contributed by atoms with Gasteiger partial charge < -0.3 is 10.2 Å². The minimum absolute atomic E-state index is 0.0976. The topological polar surface area (TPSA) is 49.4 Å². The Hall–Kier alpha value is -2.10. The van der Waals surface area contributed by atoms with E-state index in [4.69, 9.17) is 1.37 Å². The van der Waals surface area contributed by atoms with Crippen molar-refractivity contribution in [1.82, 2.24) is 10.2 Å². The molecule has 0 radical (unpaired) electrons. The third-order valence-electron chi connectivity index (χ3n) is 3.04. The van der Waals surface area contributed by atoms with E-state index in [2.05, 4.69) is 11.9 Å². The molecule has 1 N–H and O–H groups in total. The molecule has 1 saturated heterocycles. The summed E-state index contributed by atoms with van der Waals surface area (Å²) in [5.74, 6) is -0.399. The van der Waals surface area contributed by atoms with E-state index in [0.717, 1.165) is 0 Å². The van der Waals surface area contributed by atoms with Crippen LogP contribution in [0.1, 0.15) is 18.1 Å². The van der Waals surface area contributed by atoms with E-state index < -0.39 is 0 Å². The summed E-state index contributed by atoms with van der Waals surface area (Å²) in [6.45, 7) is 4.43. The zero-order valence-electron chi connectivity index (χ0n) is 11.1. The summed E-state index contributed by atoms with van der Waals surface area (Å²) in [6.07, 6.45) is 2.02. The second-order valence-electron chi connectivity index (χ2n) is 4.24. The highest BCUT2D eigenvalue weighted by atomic mass is 16.2. The first kappa shape index (κ1) is 11.0. The number of carbonyl (C=O) groups is 2. The molecule has 0 saturated carbocycles. The first-order chi connectivity index (χ1) is 9.11. The van der Waals surface area contributed by atoms with Crippen LogP contribution in [-0.2, 0) is 4.79 Å². The Bertz CT molecular complexity index is 516. The van der Waals surface area contributed by atoms with Gasteiger partial charge in [0.15, 0.2) is 0 Å². The summed E-state index contributed by atoms with van der Waals surface area (Å²) < 4.78 is 7.52. The molecule has 1 aliphatic rings. The molecule has 1 aliphatic heterocycles. The third kappa shape index (κ3) is 2.59. The monoisotopic (exact) mass is 246 g/mol. The van der Waals surface area contributed by atoms with Crippen molar-refractivity contribution in [3.63, 3.8) is 0 Å². The van der Waals surface area contributed by atoms with Crippen LogP contribution in [0, 0.1) is 5.92 Å². The second kappa shape index (κ2) is 5.49. The van der Waals surface area contributed by atoms with Crippen molar-refractivity contribution >= 4 is 11.8 Å². The Labute approximate surface area is 108 Å². The fraction of sp³-hybridized carbons (Fsp3) is 0.286. The summed E-state index contributed by atoms with van der Waals surface area (Å²) in [5, 5.41) is 2.55. The van der Waals surface area contributed by atoms with Crippen LogP contribution < -0.4 is 5.32 Å². The van der Waals surface area contributed by atoms with Gasteiger partial charge in [0.2, 0.25) is 5.91 Å². The average molecular weight is 246 g/mol. The number of nitrogens with zero attached hydrogens (tertiary/aromatic N) is 1. The van der Waals surface area contributed by atoms with Gasteiger partial charge in [-0.15, -0.1) is 0 Å². The largest absolute Gasteiger partial charge is 0.338 e. The van der Waals surface area contributed by atoms with E-state index in [9.17, 15) is 9.59 Å². The van der Waals surface area contributed by atoms with Crippen LogP contribution >= 0.6 is 0 Å². The number of likely N-dealkylation sites (tertiary alicyclic amines) is 1. The van der Waals surface area contributed by atoms with Gasteiger partial charge in [-0.05, 0) is 24.8 Å². The van der Waals surface area contributed by atoms with Crippen molar-refractivity contribution in [3.8, 4) is 0 Å². The quantitative estimate of drug-likeness (QED) is 0.876. The number of benzene rings is 1. The molecule has 0 aliphatic carbocycles. The standard InChI is InChI=1S/C14H16N2O2/c1-2-15-13(17)12-8-9-16(10-12)14(18)11-6-4-3-5-7-11/h2-7,12H,1,8-10H2,(H,15,17)/i4T. The van der Waals surface area contributed by atoms with Crippen molar-refractivity contribution in [1.29, 1.82) is 0 Å². The number of carbonyl (C=O) groups excluding carboxylic acids is 2. The predicted molar refractivity (Wildman–Crippen MR) is 68.8 cm³/mol. The van der Waals surface area contributed by atoms with Gasteiger partial charge in [0.1, 0.15) is 0 Å². The number of hydrogen-bond acceptors (Lipinski definition) is 2. The molecule has 94 valence electrons. The van der Waals surface area contributed by atoms with E-state index in [-0.39, 0.29) is 17.7 Å². The Morgan fingerprint density at radius 1 is 1.50 bits per heavy atom. The van der Waals surface area contributed by atoms with Gasteiger partial charge in [0.05, 0.1) is 7.29 Å². The lowest BCUT2D eigenvalue weighted by molar-refractivity contribution is -0.123. The molecule has 1 heterocycles.